The molecule has 1 atom stereocenters. The lowest BCUT2D eigenvalue weighted by Crippen LogP contribution is -2.57. The quantitative estimate of drug-likeness (QED) is 0.691. The first-order valence-electron chi connectivity index (χ1n) is 10.1. The molecule has 0 unspecified atom stereocenters. The second kappa shape index (κ2) is 9.44. The molecule has 0 saturated carbocycles. The molecule has 0 aliphatic carbocycles. The van der Waals surface area contributed by atoms with Gasteiger partial charge in [-0.1, -0.05) is 6.07 Å². The van der Waals surface area contributed by atoms with Crippen LogP contribution in [0.2, 0.25) is 0 Å². The maximum absolute atomic E-state index is 13.5. The first-order valence-corrected chi connectivity index (χ1v) is 10.9. The second-order valence-electron chi connectivity index (χ2n) is 7.26. The number of ether oxygens (including phenoxy) is 2. The molecular weight excluding hydrogens is 420 g/mol. The van der Waals surface area contributed by atoms with Crippen molar-refractivity contribution in [3.05, 3.63) is 35.5 Å². The van der Waals surface area contributed by atoms with E-state index in [-0.39, 0.29) is 18.2 Å². The van der Waals surface area contributed by atoms with E-state index in [1.165, 1.54) is 23.3 Å². The van der Waals surface area contributed by atoms with E-state index in [0.29, 0.717) is 31.2 Å². The highest BCUT2D eigenvalue weighted by Crippen LogP contribution is 2.40. The molecule has 2 aromatic rings. The number of pyridine rings is 1. The van der Waals surface area contributed by atoms with Gasteiger partial charge in [-0.25, -0.2) is 0 Å². The molecule has 1 N–H and O–H groups in total. The summed E-state index contributed by atoms with van der Waals surface area (Å²) in [5, 5.41) is 3.70. The van der Waals surface area contributed by atoms with Gasteiger partial charge in [-0.3, -0.25) is 19.4 Å². The van der Waals surface area contributed by atoms with Gasteiger partial charge in [0.1, 0.15) is 6.04 Å². The molecule has 0 aromatic carbocycles. The molecule has 31 heavy (non-hydrogen) atoms. The highest BCUT2D eigenvalue weighted by atomic mass is 32.1. The van der Waals surface area contributed by atoms with Crippen LogP contribution in [-0.4, -0.2) is 80.2 Å². The van der Waals surface area contributed by atoms with Crippen molar-refractivity contribution in [1.82, 2.24) is 15.2 Å². The summed E-state index contributed by atoms with van der Waals surface area (Å²) in [6.45, 7) is 3.40. The van der Waals surface area contributed by atoms with Crippen molar-refractivity contribution in [3.8, 4) is 11.1 Å². The number of hydrogen-bond acceptors (Lipinski definition) is 8. The Kier molecular flexibility index (Phi) is 6.47. The van der Waals surface area contributed by atoms with Crippen molar-refractivity contribution < 1.29 is 23.9 Å². The number of carbonyl (C=O) groups excluding carboxylic acids is 3. The fourth-order valence-corrected chi connectivity index (χ4v) is 4.95. The number of morpholine rings is 1. The Morgan fingerprint density at radius 3 is 2.84 bits per heavy atom. The third-order valence-corrected chi connectivity index (χ3v) is 6.56. The zero-order chi connectivity index (χ0) is 21.8. The van der Waals surface area contributed by atoms with Gasteiger partial charge in [0.15, 0.2) is 0 Å². The number of nitrogens with one attached hydrogen (secondary N) is 1. The molecule has 0 radical (unpaired) electrons. The molecule has 2 fully saturated rings. The largest absolute Gasteiger partial charge is 0.469 e. The molecule has 4 heterocycles. The summed E-state index contributed by atoms with van der Waals surface area (Å²) >= 11 is 1.39. The number of piperazine rings is 1. The molecule has 164 valence electrons. The number of methoxy groups -OCH3 is 1. The Bertz CT molecular complexity index is 958. The van der Waals surface area contributed by atoms with Crippen LogP contribution >= 0.6 is 11.3 Å². The number of thiophene rings is 1. The number of carbonyl (C=O) groups is 3. The number of anilines is 1. The van der Waals surface area contributed by atoms with E-state index in [2.05, 4.69) is 15.2 Å². The average Bonchev–Trinajstić information content (AvgIpc) is 3.26. The number of rotatable bonds is 5. The molecule has 0 spiro atoms. The molecule has 2 aliphatic rings. The summed E-state index contributed by atoms with van der Waals surface area (Å²) in [7, 11) is 1.27. The summed E-state index contributed by atoms with van der Waals surface area (Å²) in [6, 6.07) is 4.79. The van der Waals surface area contributed by atoms with Crippen molar-refractivity contribution in [3.63, 3.8) is 0 Å². The third kappa shape index (κ3) is 4.54. The van der Waals surface area contributed by atoms with Crippen molar-refractivity contribution >= 4 is 34.1 Å². The van der Waals surface area contributed by atoms with E-state index in [0.717, 1.165) is 29.2 Å². The maximum Gasteiger partial charge on any atom is 0.308 e. The minimum Gasteiger partial charge on any atom is -0.469 e. The van der Waals surface area contributed by atoms with Crippen molar-refractivity contribution in [1.29, 1.82) is 0 Å². The van der Waals surface area contributed by atoms with Crippen molar-refractivity contribution in [2.24, 2.45) is 0 Å². The molecule has 0 bridgehead atoms. The number of esters is 1. The maximum atomic E-state index is 13.5. The predicted molar refractivity (Wildman–Crippen MR) is 115 cm³/mol. The highest BCUT2D eigenvalue weighted by Gasteiger charge is 2.36. The van der Waals surface area contributed by atoms with E-state index in [1.54, 1.807) is 12.4 Å². The number of hydrogen-bond donors (Lipinski definition) is 1. The van der Waals surface area contributed by atoms with Gasteiger partial charge >= 0.3 is 5.97 Å². The van der Waals surface area contributed by atoms with Gasteiger partial charge in [-0.2, -0.15) is 0 Å². The summed E-state index contributed by atoms with van der Waals surface area (Å²) in [6.07, 6.45) is 3.31. The monoisotopic (exact) mass is 444 g/mol. The third-order valence-electron chi connectivity index (χ3n) is 5.37. The molecule has 2 aromatic heterocycles. The fourth-order valence-electron chi connectivity index (χ4n) is 3.76. The molecule has 4 rings (SSSR count). The topological polar surface area (TPSA) is 101 Å². The predicted octanol–water partition coefficient (Wildman–Crippen LogP) is 1.15. The van der Waals surface area contributed by atoms with Crippen LogP contribution in [0.5, 0.6) is 0 Å². The van der Waals surface area contributed by atoms with E-state index < -0.39 is 12.0 Å². The SMILES string of the molecule is COC(=O)C[C@@H]1C(=O)NCCN1C(=O)c1cc(-c2cccnc2)c(N2CCOCC2)s1. The lowest BCUT2D eigenvalue weighted by atomic mass is 10.1. The van der Waals surface area contributed by atoms with Gasteiger partial charge in [-0.15, -0.1) is 11.3 Å². The number of nitrogens with zero attached hydrogens (tertiary/aromatic N) is 3. The molecule has 2 amide bonds. The lowest BCUT2D eigenvalue weighted by Gasteiger charge is -2.34. The Morgan fingerprint density at radius 1 is 1.32 bits per heavy atom. The molecule has 2 saturated heterocycles. The first-order chi connectivity index (χ1) is 15.1. The normalized spacial score (nSPS) is 19.1. The van der Waals surface area contributed by atoms with Gasteiger partial charge in [-0.05, 0) is 12.1 Å². The van der Waals surface area contributed by atoms with Crippen LogP contribution in [0, 0.1) is 0 Å². The minimum atomic E-state index is -0.885. The van der Waals surface area contributed by atoms with E-state index in [1.807, 2.05) is 18.2 Å². The molecule has 2 aliphatic heterocycles. The summed E-state index contributed by atoms with van der Waals surface area (Å²) in [4.78, 5) is 46.1. The van der Waals surface area contributed by atoms with Crippen LogP contribution in [0.1, 0.15) is 16.1 Å². The zero-order valence-electron chi connectivity index (χ0n) is 17.2. The molecular formula is C21H24N4O5S. The number of aromatic nitrogens is 1. The van der Waals surface area contributed by atoms with E-state index >= 15 is 0 Å². The Morgan fingerprint density at radius 2 is 2.13 bits per heavy atom. The van der Waals surface area contributed by atoms with Crippen LogP contribution in [0.3, 0.4) is 0 Å². The second-order valence-corrected chi connectivity index (χ2v) is 8.29. The number of amides is 2. The minimum absolute atomic E-state index is 0.175. The molecule has 10 heteroatoms. The first kappa shape index (κ1) is 21.3. The van der Waals surface area contributed by atoms with Gasteiger partial charge in [0.25, 0.3) is 5.91 Å². The van der Waals surface area contributed by atoms with Gasteiger partial charge in [0.05, 0.1) is 36.6 Å². The van der Waals surface area contributed by atoms with Gasteiger partial charge in [0, 0.05) is 49.7 Å². The fraction of sp³-hybridized carbons (Fsp3) is 0.429. The molecule has 9 nitrogen and oxygen atoms in total. The Labute approximate surface area is 183 Å². The zero-order valence-corrected chi connectivity index (χ0v) is 18.0. The van der Waals surface area contributed by atoms with Gasteiger partial charge < -0.3 is 24.6 Å². The smallest absolute Gasteiger partial charge is 0.308 e. The van der Waals surface area contributed by atoms with Crippen molar-refractivity contribution in [2.75, 3.05) is 51.4 Å². The summed E-state index contributed by atoms with van der Waals surface area (Å²) in [5.41, 5.74) is 1.84. The standard InChI is InChI=1S/C21H24N4O5S/c1-29-18(26)12-16-19(27)23-5-6-25(16)20(28)17-11-15(14-3-2-4-22-13-14)21(31-17)24-7-9-30-10-8-24/h2-4,11,13,16H,5-10,12H2,1H3,(H,23,27)/t16-/m1/s1. The lowest BCUT2D eigenvalue weighted by molar-refractivity contribution is -0.145. The van der Waals surface area contributed by atoms with E-state index in [9.17, 15) is 14.4 Å². The Hall–Kier alpha value is -2.98. The highest BCUT2D eigenvalue weighted by molar-refractivity contribution is 7.18. The van der Waals surface area contributed by atoms with Crippen LogP contribution in [0.4, 0.5) is 5.00 Å². The summed E-state index contributed by atoms with van der Waals surface area (Å²) < 4.78 is 10.2. The van der Waals surface area contributed by atoms with Gasteiger partial charge in [0.2, 0.25) is 5.91 Å². The average molecular weight is 445 g/mol. The Balaban J connectivity index is 1.68. The van der Waals surface area contributed by atoms with E-state index in [4.69, 9.17) is 9.47 Å². The van der Waals surface area contributed by atoms with Crippen molar-refractivity contribution in [2.45, 2.75) is 12.5 Å². The van der Waals surface area contributed by atoms with Crippen LogP contribution < -0.4 is 10.2 Å². The summed E-state index contributed by atoms with van der Waals surface area (Å²) in [5.74, 6) is -1.14. The van der Waals surface area contributed by atoms with Crippen LogP contribution in [0.25, 0.3) is 11.1 Å². The van der Waals surface area contributed by atoms with Crippen LogP contribution in [-0.2, 0) is 19.1 Å². The van der Waals surface area contributed by atoms with Crippen LogP contribution in [0.15, 0.2) is 30.6 Å².